The molecule has 0 spiro atoms. The lowest BCUT2D eigenvalue weighted by atomic mass is 10.3. The minimum absolute atomic E-state index is 0.142. The van der Waals surface area contributed by atoms with Crippen molar-refractivity contribution in [3.63, 3.8) is 0 Å². The second-order valence-corrected chi connectivity index (χ2v) is 3.03. The third kappa shape index (κ3) is 4.45. The number of hydrogen-bond acceptors (Lipinski definition) is 3. The van der Waals surface area contributed by atoms with Gasteiger partial charge in [0.05, 0.1) is 6.42 Å². The Balaban J connectivity index is 2.48. The van der Waals surface area contributed by atoms with E-state index in [2.05, 4.69) is 10.1 Å². The van der Waals surface area contributed by atoms with Crippen LogP contribution in [-0.4, -0.2) is 23.7 Å². The van der Waals surface area contributed by atoms with Gasteiger partial charge < -0.3 is 15.2 Å². The van der Waals surface area contributed by atoms with Crippen LogP contribution in [0.3, 0.4) is 0 Å². The lowest BCUT2D eigenvalue weighted by Gasteiger charge is -2.06. The zero-order valence-electron chi connectivity index (χ0n) is 8.57. The molecule has 0 radical (unpaired) electrons. The molecule has 0 aliphatic rings. The molecule has 0 unspecified atom stereocenters. The van der Waals surface area contributed by atoms with Crippen LogP contribution in [0.4, 0.5) is 13.6 Å². The molecule has 0 saturated heterocycles. The van der Waals surface area contributed by atoms with Gasteiger partial charge in [-0.2, -0.15) is 0 Å². The summed E-state index contributed by atoms with van der Waals surface area (Å²) >= 11 is 0. The molecule has 1 aromatic carbocycles. The van der Waals surface area contributed by atoms with Gasteiger partial charge in [0.2, 0.25) is 0 Å². The normalized spacial score (nSPS) is 9.76. The fourth-order valence-electron chi connectivity index (χ4n) is 0.965. The van der Waals surface area contributed by atoms with Crippen LogP contribution in [0.15, 0.2) is 18.2 Å². The first kappa shape index (κ1) is 12.9. The molecule has 0 bridgehead atoms. The van der Waals surface area contributed by atoms with Gasteiger partial charge in [-0.15, -0.1) is 0 Å². The SMILES string of the molecule is O=C(O)CCNC(=O)Oc1ccc(F)cc1F. The summed E-state index contributed by atoms with van der Waals surface area (Å²) in [7, 11) is 0. The quantitative estimate of drug-likeness (QED) is 0.843. The molecule has 5 nitrogen and oxygen atoms in total. The second-order valence-electron chi connectivity index (χ2n) is 3.03. The number of carbonyl (C=O) groups excluding carboxylic acids is 1. The summed E-state index contributed by atoms with van der Waals surface area (Å²) in [5.74, 6) is -3.32. The number of carbonyl (C=O) groups is 2. The summed E-state index contributed by atoms with van der Waals surface area (Å²) < 4.78 is 30.0. The Kier molecular flexibility index (Phi) is 4.38. The van der Waals surface area contributed by atoms with Crippen molar-refractivity contribution in [2.24, 2.45) is 0 Å². The number of rotatable bonds is 4. The van der Waals surface area contributed by atoms with Crippen molar-refractivity contribution in [1.82, 2.24) is 5.32 Å². The van der Waals surface area contributed by atoms with Crippen LogP contribution >= 0.6 is 0 Å². The van der Waals surface area contributed by atoms with Gasteiger partial charge in [-0.3, -0.25) is 4.79 Å². The van der Waals surface area contributed by atoms with Crippen molar-refractivity contribution in [2.75, 3.05) is 6.54 Å². The van der Waals surface area contributed by atoms with Crippen LogP contribution in [0.25, 0.3) is 0 Å². The average molecular weight is 245 g/mol. The number of carboxylic acid groups (broad SMARTS) is 1. The number of carboxylic acids is 1. The van der Waals surface area contributed by atoms with Crippen molar-refractivity contribution >= 4 is 12.1 Å². The molecule has 0 atom stereocenters. The molecule has 92 valence electrons. The highest BCUT2D eigenvalue weighted by molar-refractivity contribution is 5.72. The Hall–Kier alpha value is -2.18. The van der Waals surface area contributed by atoms with E-state index in [1.165, 1.54) is 0 Å². The number of halogens is 2. The highest BCUT2D eigenvalue weighted by Crippen LogP contribution is 2.17. The molecule has 7 heteroatoms. The van der Waals surface area contributed by atoms with E-state index < -0.39 is 29.4 Å². The average Bonchev–Trinajstić information content (AvgIpc) is 2.21. The van der Waals surface area contributed by atoms with Crippen LogP contribution in [0.2, 0.25) is 0 Å². The minimum atomic E-state index is -1.08. The van der Waals surface area contributed by atoms with Crippen molar-refractivity contribution < 1.29 is 28.2 Å². The van der Waals surface area contributed by atoms with Crippen LogP contribution in [-0.2, 0) is 4.79 Å². The molecule has 0 aromatic heterocycles. The zero-order valence-corrected chi connectivity index (χ0v) is 8.57. The van der Waals surface area contributed by atoms with E-state index in [0.717, 1.165) is 12.1 Å². The molecule has 1 amide bonds. The molecule has 1 aromatic rings. The van der Waals surface area contributed by atoms with Crippen LogP contribution in [0.1, 0.15) is 6.42 Å². The van der Waals surface area contributed by atoms with Gasteiger partial charge in [-0.1, -0.05) is 0 Å². The van der Waals surface area contributed by atoms with E-state index in [9.17, 15) is 18.4 Å². The first-order valence-electron chi connectivity index (χ1n) is 4.61. The Labute approximate surface area is 95.0 Å². The summed E-state index contributed by atoms with van der Waals surface area (Å²) in [5.41, 5.74) is 0. The molecule has 0 heterocycles. The largest absolute Gasteiger partial charge is 0.481 e. The van der Waals surface area contributed by atoms with Crippen LogP contribution < -0.4 is 10.1 Å². The maximum Gasteiger partial charge on any atom is 0.412 e. The Morgan fingerprint density at radius 1 is 1.35 bits per heavy atom. The summed E-state index contributed by atoms with van der Waals surface area (Å²) in [6.07, 6.45) is -1.28. The first-order valence-corrected chi connectivity index (χ1v) is 4.61. The van der Waals surface area contributed by atoms with Crippen LogP contribution in [0.5, 0.6) is 5.75 Å². The van der Waals surface area contributed by atoms with E-state index >= 15 is 0 Å². The first-order chi connectivity index (χ1) is 7.99. The number of ether oxygens (including phenoxy) is 1. The van der Waals surface area contributed by atoms with Gasteiger partial charge in [0, 0.05) is 12.6 Å². The van der Waals surface area contributed by atoms with Crippen molar-refractivity contribution in [1.29, 1.82) is 0 Å². The van der Waals surface area contributed by atoms with Gasteiger partial charge >= 0.3 is 12.1 Å². The van der Waals surface area contributed by atoms with Gasteiger partial charge in [0.25, 0.3) is 0 Å². The minimum Gasteiger partial charge on any atom is -0.481 e. The smallest absolute Gasteiger partial charge is 0.412 e. The van der Waals surface area contributed by atoms with E-state index in [1.807, 2.05) is 0 Å². The lowest BCUT2D eigenvalue weighted by molar-refractivity contribution is -0.136. The lowest BCUT2D eigenvalue weighted by Crippen LogP contribution is -2.29. The molecule has 0 aliphatic carbocycles. The van der Waals surface area contributed by atoms with Crippen LogP contribution in [0, 0.1) is 11.6 Å². The highest BCUT2D eigenvalue weighted by atomic mass is 19.1. The molecule has 0 saturated carbocycles. The monoisotopic (exact) mass is 245 g/mol. The molecular weight excluding hydrogens is 236 g/mol. The molecule has 2 N–H and O–H groups in total. The topological polar surface area (TPSA) is 75.6 Å². The summed E-state index contributed by atoms with van der Waals surface area (Å²) in [4.78, 5) is 21.2. The number of amides is 1. The highest BCUT2D eigenvalue weighted by Gasteiger charge is 2.10. The summed E-state index contributed by atoms with van der Waals surface area (Å²) in [6.45, 7) is -0.142. The van der Waals surface area contributed by atoms with Crippen molar-refractivity contribution in [3.8, 4) is 5.75 Å². The Morgan fingerprint density at radius 2 is 2.06 bits per heavy atom. The third-order valence-electron chi connectivity index (χ3n) is 1.70. The van der Waals surface area contributed by atoms with E-state index in [4.69, 9.17) is 5.11 Å². The summed E-state index contributed by atoms with van der Waals surface area (Å²) in [6, 6.07) is 2.46. The second kappa shape index (κ2) is 5.78. The number of hydrogen-bond donors (Lipinski definition) is 2. The standard InChI is InChI=1S/C10H9F2NO4/c11-6-1-2-8(7(12)5-6)17-10(16)13-4-3-9(14)15/h1-2,5H,3-4H2,(H,13,16)(H,14,15). The molecule has 1 rings (SSSR count). The van der Waals surface area contributed by atoms with Crippen molar-refractivity contribution in [3.05, 3.63) is 29.8 Å². The fourth-order valence-corrected chi connectivity index (χ4v) is 0.965. The predicted molar refractivity (Wildman–Crippen MR) is 52.6 cm³/mol. The van der Waals surface area contributed by atoms with Gasteiger partial charge in [-0.05, 0) is 12.1 Å². The maximum absolute atomic E-state index is 13.0. The Morgan fingerprint density at radius 3 is 2.65 bits per heavy atom. The van der Waals surface area contributed by atoms with E-state index in [1.54, 1.807) is 0 Å². The molecule has 17 heavy (non-hydrogen) atoms. The molecule has 0 fully saturated rings. The molecular formula is C10H9F2NO4. The Bertz CT molecular complexity index is 436. The third-order valence-corrected chi connectivity index (χ3v) is 1.70. The predicted octanol–water partition coefficient (Wildman–Crippen LogP) is 1.53. The van der Waals surface area contributed by atoms with Gasteiger partial charge in [0.1, 0.15) is 5.82 Å². The van der Waals surface area contributed by atoms with Gasteiger partial charge in [0.15, 0.2) is 11.6 Å². The maximum atomic E-state index is 13.0. The summed E-state index contributed by atoms with van der Waals surface area (Å²) in [5, 5.41) is 10.4. The number of benzene rings is 1. The van der Waals surface area contributed by atoms with Crippen molar-refractivity contribution in [2.45, 2.75) is 6.42 Å². The number of aliphatic carboxylic acids is 1. The van der Waals surface area contributed by atoms with Gasteiger partial charge in [-0.25, -0.2) is 13.6 Å². The van der Waals surface area contributed by atoms with E-state index in [-0.39, 0.29) is 13.0 Å². The number of nitrogens with one attached hydrogen (secondary N) is 1. The zero-order chi connectivity index (χ0) is 12.8. The van der Waals surface area contributed by atoms with E-state index in [0.29, 0.717) is 6.07 Å². The molecule has 0 aliphatic heterocycles. The fraction of sp³-hybridized carbons (Fsp3) is 0.200.